The number of likely N-dealkylation sites (tertiary alicyclic amines) is 1. The van der Waals surface area contributed by atoms with E-state index in [1.54, 1.807) is 17.0 Å². The molecule has 0 bridgehead atoms. The van der Waals surface area contributed by atoms with Crippen LogP contribution in [0.4, 0.5) is 4.79 Å². The smallest absolute Gasteiger partial charge is 0.317 e. The van der Waals surface area contributed by atoms with Crippen molar-refractivity contribution in [1.82, 2.24) is 10.2 Å². The maximum Gasteiger partial charge on any atom is 0.317 e. The van der Waals surface area contributed by atoms with E-state index in [1.807, 2.05) is 19.1 Å². The van der Waals surface area contributed by atoms with Gasteiger partial charge in [0, 0.05) is 18.1 Å². The maximum atomic E-state index is 12.4. The van der Waals surface area contributed by atoms with E-state index in [4.69, 9.17) is 16.7 Å². The van der Waals surface area contributed by atoms with Gasteiger partial charge in [0.25, 0.3) is 0 Å². The molecule has 1 aliphatic rings. The van der Waals surface area contributed by atoms with Crippen LogP contribution in [0.1, 0.15) is 37.8 Å². The van der Waals surface area contributed by atoms with Crippen molar-refractivity contribution in [3.8, 4) is 0 Å². The summed E-state index contributed by atoms with van der Waals surface area (Å²) in [6, 6.07) is 7.09. The molecule has 2 rings (SSSR count). The number of aliphatic carboxylic acids is 1. The molecule has 0 saturated carbocycles. The van der Waals surface area contributed by atoms with Gasteiger partial charge in [-0.1, -0.05) is 30.7 Å². The average molecular weight is 325 g/mol. The van der Waals surface area contributed by atoms with E-state index in [0.29, 0.717) is 18.0 Å². The summed E-state index contributed by atoms with van der Waals surface area (Å²) in [5.74, 6) is -1.29. The number of piperidine rings is 1. The van der Waals surface area contributed by atoms with E-state index < -0.39 is 11.9 Å². The summed E-state index contributed by atoms with van der Waals surface area (Å²) < 4.78 is 0. The number of urea groups is 1. The van der Waals surface area contributed by atoms with Crippen molar-refractivity contribution >= 4 is 23.6 Å². The van der Waals surface area contributed by atoms with Crippen LogP contribution < -0.4 is 5.32 Å². The monoisotopic (exact) mass is 324 g/mol. The van der Waals surface area contributed by atoms with Crippen LogP contribution in [-0.4, -0.2) is 35.1 Å². The SMILES string of the molecule is CCC(NC(=O)N1CCCC(C(=O)O)C1)c1ccc(Cl)cc1. The van der Waals surface area contributed by atoms with Gasteiger partial charge in [-0.05, 0) is 37.0 Å². The zero-order valence-electron chi connectivity index (χ0n) is 12.6. The first-order chi connectivity index (χ1) is 10.5. The lowest BCUT2D eigenvalue weighted by Gasteiger charge is -2.32. The Hall–Kier alpha value is -1.75. The van der Waals surface area contributed by atoms with Crippen LogP contribution in [0.3, 0.4) is 0 Å². The van der Waals surface area contributed by atoms with Gasteiger partial charge in [-0.15, -0.1) is 0 Å². The summed E-state index contributed by atoms with van der Waals surface area (Å²) in [5, 5.41) is 12.7. The van der Waals surface area contributed by atoms with Crippen LogP contribution in [-0.2, 0) is 4.79 Å². The molecule has 1 saturated heterocycles. The molecule has 1 aromatic carbocycles. The van der Waals surface area contributed by atoms with E-state index in [-0.39, 0.29) is 18.6 Å². The Morgan fingerprint density at radius 2 is 2.09 bits per heavy atom. The summed E-state index contributed by atoms with van der Waals surface area (Å²) in [4.78, 5) is 25.1. The Morgan fingerprint density at radius 3 is 2.68 bits per heavy atom. The standard InChI is InChI=1S/C16H21ClN2O3/c1-2-14(11-5-7-13(17)8-6-11)18-16(22)19-9-3-4-12(10-19)15(20)21/h5-8,12,14H,2-4,9-10H2,1H3,(H,18,22)(H,20,21). The molecule has 1 aromatic rings. The molecule has 2 amide bonds. The van der Waals surface area contributed by atoms with Gasteiger partial charge in [0.1, 0.15) is 0 Å². The molecule has 0 aliphatic carbocycles. The van der Waals surface area contributed by atoms with E-state index in [1.165, 1.54) is 0 Å². The largest absolute Gasteiger partial charge is 0.481 e. The first-order valence-electron chi connectivity index (χ1n) is 7.55. The van der Waals surface area contributed by atoms with Crippen LogP contribution in [0.25, 0.3) is 0 Å². The summed E-state index contributed by atoms with van der Waals surface area (Å²) >= 11 is 5.88. The van der Waals surface area contributed by atoms with Crippen molar-refractivity contribution in [2.24, 2.45) is 5.92 Å². The highest BCUT2D eigenvalue weighted by Crippen LogP contribution is 2.21. The molecular formula is C16H21ClN2O3. The molecule has 0 aromatic heterocycles. The third kappa shape index (κ3) is 4.13. The van der Waals surface area contributed by atoms with E-state index in [0.717, 1.165) is 18.4 Å². The number of carbonyl (C=O) groups excluding carboxylic acids is 1. The molecule has 2 atom stereocenters. The van der Waals surface area contributed by atoms with Crippen LogP contribution in [0.15, 0.2) is 24.3 Å². The summed E-state index contributed by atoms with van der Waals surface area (Å²) in [7, 11) is 0. The summed E-state index contributed by atoms with van der Waals surface area (Å²) in [6.07, 6.45) is 2.11. The highest BCUT2D eigenvalue weighted by atomic mass is 35.5. The number of halogens is 1. The van der Waals surface area contributed by atoms with Crippen LogP contribution >= 0.6 is 11.6 Å². The molecule has 1 heterocycles. The topological polar surface area (TPSA) is 69.6 Å². The van der Waals surface area contributed by atoms with Crippen molar-refractivity contribution in [2.45, 2.75) is 32.2 Å². The third-order valence-electron chi connectivity index (χ3n) is 4.04. The van der Waals surface area contributed by atoms with Gasteiger partial charge in [0.05, 0.1) is 12.0 Å². The van der Waals surface area contributed by atoms with Crippen molar-refractivity contribution in [3.05, 3.63) is 34.9 Å². The van der Waals surface area contributed by atoms with Crippen molar-refractivity contribution in [2.75, 3.05) is 13.1 Å². The number of nitrogens with zero attached hydrogens (tertiary/aromatic N) is 1. The Kier molecular flexibility index (Phi) is 5.66. The van der Waals surface area contributed by atoms with Crippen LogP contribution in [0.5, 0.6) is 0 Å². The molecule has 1 aliphatic heterocycles. The van der Waals surface area contributed by atoms with Gasteiger partial charge in [0.15, 0.2) is 0 Å². The molecule has 22 heavy (non-hydrogen) atoms. The lowest BCUT2D eigenvalue weighted by Crippen LogP contribution is -2.47. The number of hydrogen-bond acceptors (Lipinski definition) is 2. The number of carboxylic acids is 1. The predicted octanol–water partition coefficient (Wildman–Crippen LogP) is 3.30. The Bertz CT molecular complexity index is 533. The highest BCUT2D eigenvalue weighted by Gasteiger charge is 2.28. The number of rotatable bonds is 4. The highest BCUT2D eigenvalue weighted by molar-refractivity contribution is 6.30. The number of amides is 2. The second kappa shape index (κ2) is 7.49. The molecule has 2 N–H and O–H groups in total. The second-order valence-corrected chi connectivity index (χ2v) is 6.02. The van der Waals surface area contributed by atoms with Crippen molar-refractivity contribution in [3.63, 3.8) is 0 Å². The van der Waals surface area contributed by atoms with Crippen molar-refractivity contribution < 1.29 is 14.7 Å². The van der Waals surface area contributed by atoms with Crippen molar-refractivity contribution in [1.29, 1.82) is 0 Å². The minimum Gasteiger partial charge on any atom is -0.481 e. The van der Waals surface area contributed by atoms with E-state index in [2.05, 4.69) is 5.32 Å². The fourth-order valence-electron chi connectivity index (χ4n) is 2.72. The van der Waals surface area contributed by atoms with Gasteiger partial charge in [0.2, 0.25) is 0 Å². The van der Waals surface area contributed by atoms with Crippen LogP contribution in [0, 0.1) is 5.92 Å². The molecular weight excluding hydrogens is 304 g/mol. The minimum atomic E-state index is -0.831. The van der Waals surface area contributed by atoms with Gasteiger partial charge in [-0.3, -0.25) is 4.79 Å². The maximum absolute atomic E-state index is 12.4. The zero-order valence-corrected chi connectivity index (χ0v) is 13.3. The normalized spacial score (nSPS) is 19.5. The first-order valence-corrected chi connectivity index (χ1v) is 7.92. The first kappa shape index (κ1) is 16.6. The lowest BCUT2D eigenvalue weighted by atomic mass is 9.98. The van der Waals surface area contributed by atoms with Gasteiger partial charge in [-0.25, -0.2) is 4.79 Å². The zero-order chi connectivity index (χ0) is 16.1. The predicted molar refractivity (Wildman–Crippen MR) is 84.9 cm³/mol. The Labute approximate surface area is 135 Å². The summed E-state index contributed by atoms with van der Waals surface area (Å²) in [5.41, 5.74) is 0.993. The average Bonchev–Trinajstić information content (AvgIpc) is 2.53. The molecule has 0 spiro atoms. The number of benzene rings is 1. The third-order valence-corrected chi connectivity index (χ3v) is 4.29. The quantitative estimate of drug-likeness (QED) is 0.892. The fourth-order valence-corrected chi connectivity index (χ4v) is 2.85. The van der Waals surface area contributed by atoms with Crippen LogP contribution in [0.2, 0.25) is 5.02 Å². The second-order valence-electron chi connectivity index (χ2n) is 5.59. The number of nitrogens with one attached hydrogen (secondary N) is 1. The van der Waals surface area contributed by atoms with E-state index in [9.17, 15) is 9.59 Å². The molecule has 6 heteroatoms. The lowest BCUT2D eigenvalue weighted by molar-refractivity contribution is -0.143. The molecule has 0 radical (unpaired) electrons. The number of carboxylic acid groups (broad SMARTS) is 1. The minimum absolute atomic E-state index is 0.102. The summed E-state index contributed by atoms with van der Waals surface area (Å²) in [6.45, 7) is 2.88. The molecule has 2 unspecified atom stereocenters. The van der Waals surface area contributed by atoms with Gasteiger partial charge in [-0.2, -0.15) is 0 Å². The molecule has 1 fully saturated rings. The number of hydrogen-bond donors (Lipinski definition) is 2. The Balaban J connectivity index is 1.99. The van der Waals surface area contributed by atoms with E-state index >= 15 is 0 Å². The van der Waals surface area contributed by atoms with Gasteiger partial charge < -0.3 is 15.3 Å². The fraction of sp³-hybridized carbons (Fsp3) is 0.500. The Morgan fingerprint density at radius 1 is 1.41 bits per heavy atom. The molecule has 5 nitrogen and oxygen atoms in total. The number of carbonyl (C=O) groups is 2. The molecule has 120 valence electrons. The van der Waals surface area contributed by atoms with Gasteiger partial charge >= 0.3 is 12.0 Å².